The second kappa shape index (κ2) is 5.60. The standard InChI is InChI=1S/C17H23N5O/c1-10(2)22-16-14(9-20-22)13(5-15(21-16)12-3-4-12)17(23)19-8-11-6-18-7-11/h5,9-12,18H,3-4,6-8H2,1-2H3,(H,19,23). The van der Waals surface area contributed by atoms with Crippen molar-refractivity contribution in [3.8, 4) is 0 Å². The SMILES string of the molecule is CC(C)n1ncc2c(C(=O)NCC3CNC3)cc(C3CC3)nc21. The molecule has 4 rings (SSSR count). The zero-order valence-corrected chi connectivity index (χ0v) is 13.7. The maximum atomic E-state index is 12.7. The van der Waals surface area contributed by atoms with E-state index in [0.717, 1.165) is 41.9 Å². The maximum absolute atomic E-state index is 12.7. The van der Waals surface area contributed by atoms with Crippen LogP contribution in [0.3, 0.4) is 0 Å². The first-order valence-corrected chi connectivity index (χ1v) is 8.50. The first-order chi connectivity index (χ1) is 11.1. The van der Waals surface area contributed by atoms with Crippen molar-refractivity contribution in [2.75, 3.05) is 19.6 Å². The molecule has 0 bridgehead atoms. The number of nitrogens with zero attached hydrogens (tertiary/aromatic N) is 3. The second-order valence-corrected chi connectivity index (χ2v) is 7.02. The Bertz CT molecular complexity index is 743. The highest BCUT2D eigenvalue weighted by molar-refractivity contribution is 6.05. The molecule has 0 unspecified atom stereocenters. The van der Waals surface area contributed by atoms with Crippen molar-refractivity contribution in [1.29, 1.82) is 0 Å². The van der Waals surface area contributed by atoms with Crippen molar-refractivity contribution >= 4 is 16.9 Å². The lowest BCUT2D eigenvalue weighted by Gasteiger charge is -2.27. The first kappa shape index (κ1) is 14.6. The first-order valence-electron chi connectivity index (χ1n) is 8.50. The minimum Gasteiger partial charge on any atom is -0.352 e. The fraction of sp³-hybridized carbons (Fsp3) is 0.588. The molecule has 6 nitrogen and oxygen atoms in total. The lowest BCUT2D eigenvalue weighted by molar-refractivity contribution is 0.0943. The summed E-state index contributed by atoms with van der Waals surface area (Å²) in [6, 6.07) is 2.20. The van der Waals surface area contributed by atoms with Gasteiger partial charge in [0.25, 0.3) is 5.91 Å². The number of hydrogen-bond acceptors (Lipinski definition) is 4. The Labute approximate surface area is 135 Å². The zero-order valence-electron chi connectivity index (χ0n) is 13.7. The monoisotopic (exact) mass is 313 g/mol. The second-order valence-electron chi connectivity index (χ2n) is 7.02. The van der Waals surface area contributed by atoms with E-state index in [0.29, 0.717) is 11.8 Å². The van der Waals surface area contributed by atoms with E-state index >= 15 is 0 Å². The molecule has 1 aliphatic heterocycles. The molecule has 1 saturated heterocycles. The fourth-order valence-electron chi connectivity index (χ4n) is 3.02. The van der Waals surface area contributed by atoms with Crippen LogP contribution in [0.15, 0.2) is 12.3 Å². The molecule has 0 atom stereocenters. The van der Waals surface area contributed by atoms with Crippen LogP contribution in [-0.4, -0.2) is 40.3 Å². The number of pyridine rings is 1. The molecule has 0 aromatic carbocycles. The number of nitrogens with one attached hydrogen (secondary N) is 2. The molecule has 23 heavy (non-hydrogen) atoms. The van der Waals surface area contributed by atoms with Gasteiger partial charge in [-0.3, -0.25) is 4.79 Å². The third kappa shape index (κ3) is 2.72. The van der Waals surface area contributed by atoms with Crippen molar-refractivity contribution in [1.82, 2.24) is 25.4 Å². The van der Waals surface area contributed by atoms with Crippen LogP contribution in [0.5, 0.6) is 0 Å². The molecule has 1 saturated carbocycles. The fourth-order valence-corrected chi connectivity index (χ4v) is 3.02. The minimum absolute atomic E-state index is 0.00509. The maximum Gasteiger partial charge on any atom is 0.252 e. The van der Waals surface area contributed by atoms with Gasteiger partial charge in [0.1, 0.15) is 0 Å². The average Bonchev–Trinajstić information content (AvgIpc) is 3.23. The summed E-state index contributed by atoms with van der Waals surface area (Å²) in [6.45, 7) is 6.88. The van der Waals surface area contributed by atoms with E-state index in [2.05, 4.69) is 29.6 Å². The highest BCUT2D eigenvalue weighted by Crippen LogP contribution is 2.40. The van der Waals surface area contributed by atoms with Crippen LogP contribution in [0.2, 0.25) is 0 Å². The highest BCUT2D eigenvalue weighted by atomic mass is 16.1. The molecule has 0 radical (unpaired) electrons. The van der Waals surface area contributed by atoms with Crippen LogP contribution >= 0.6 is 0 Å². The Balaban J connectivity index is 1.69. The van der Waals surface area contributed by atoms with Crippen molar-refractivity contribution in [3.63, 3.8) is 0 Å². The summed E-state index contributed by atoms with van der Waals surface area (Å²) < 4.78 is 1.91. The van der Waals surface area contributed by atoms with Crippen molar-refractivity contribution < 1.29 is 4.79 Å². The van der Waals surface area contributed by atoms with Gasteiger partial charge in [0.2, 0.25) is 0 Å². The molecular weight excluding hydrogens is 290 g/mol. The van der Waals surface area contributed by atoms with Gasteiger partial charge in [0.15, 0.2) is 5.65 Å². The molecule has 122 valence electrons. The third-order valence-electron chi connectivity index (χ3n) is 4.73. The van der Waals surface area contributed by atoms with E-state index in [1.807, 2.05) is 10.7 Å². The van der Waals surface area contributed by atoms with E-state index in [1.165, 1.54) is 12.8 Å². The molecule has 2 aliphatic rings. The molecule has 2 aromatic heterocycles. The number of aromatic nitrogens is 3. The van der Waals surface area contributed by atoms with E-state index < -0.39 is 0 Å². The lowest BCUT2D eigenvalue weighted by Crippen LogP contribution is -2.48. The third-order valence-corrected chi connectivity index (χ3v) is 4.73. The molecule has 6 heteroatoms. The summed E-state index contributed by atoms with van der Waals surface area (Å²) >= 11 is 0. The summed E-state index contributed by atoms with van der Waals surface area (Å²) in [5.41, 5.74) is 2.59. The van der Waals surface area contributed by atoms with Crippen LogP contribution in [0.1, 0.15) is 54.7 Å². The Morgan fingerprint density at radius 2 is 2.22 bits per heavy atom. The van der Waals surface area contributed by atoms with Gasteiger partial charge in [-0.05, 0) is 32.8 Å². The summed E-state index contributed by atoms with van der Waals surface area (Å²) in [6.07, 6.45) is 4.12. The van der Waals surface area contributed by atoms with E-state index in [9.17, 15) is 4.79 Å². The Kier molecular flexibility index (Phi) is 3.56. The molecule has 0 spiro atoms. The van der Waals surface area contributed by atoms with Gasteiger partial charge in [-0.2, -0.15) is 5.10 Å². The van der Waals surface area contributed by atoms with E-state index in [-0.39, 0.29) is 11.9 Å². The number of carbonyl (C=O) groups is 1. The molecule has 3 heterocycles. The van der Waals surface area contributed by atoms with E-state index in [4.69, 9.17) is 4.98 Å². The van der Waals surface area contributed by atoms with Crippen LogP contribution < -0.4 is 10.6 Å². The highest BCUT2D eigenvalue weighted by Gasteiger charge is 2.28. The number of hydrogen-bond donors (Lipinski definition) is 2. The van der Waals surface area contributed by atoms with Crippen LogP contribution in [-0.2, 0) is 0 Å². The summed E-state index contributed by atoms with van der Waals surface area (Å²) in [4.78, 5) is 17.5. The van der Waals surface area contributed by atoms with Gasteiger partial charge in [0.05, 0.1) is 17.1 Å². The summed E-state index contributed by atoms with van der Waals surface area (Å²) in [5, 5.41) is 11.6. The van der Waals surface area contributed by atoms with Gasteiger partial charge in [0, 0.05) is 43.2 Å². The zero-order chi connectivity index (χ0) is 16.0. The van der Waals surface area contributed by atoms with Crippen molar-refractivity contribution in [3.05, 3.63) is 23.5 Å². The number of amides is 1. The topological polar surface area (TPSA) is 71.8 Å². The van der Waals surface area contributed by atoms with Gasteiger partial charge < -0.3 is 10.6 Å². The van der Waals surface area contributed by atoms with Crippen LogP contribution in [0.4, 0.5) is 0 Å². The Morgan fingerprint density at radius 1 is 1.43 bits per heavy atom. The number of fused-ring (bicyclic) bond motifs is 1. The molecule has 1 amide bonds. The molecular formula is C17H23N5O. The minimum atomic E-state index is -0.00509. The number of carbonyl (C=O) groups excluding carboxylic acids is 1. The molecule has 1 aliphatic carbocycles. The molecule has 2 N–H and O–H groups in total. The predicted octanol–water partition coefficient (Wildman–Crippen LogP) is 1.84. The molecule has 2 fully saturated rings. The molecule has 2 aromatic rings. The van der Waals surface area contributed by atoms with Crippen molar-refractivity contribution in [2.45, 2.75) is 38.6 Å². The Morgan fingerprint density at radius 3 is 2.83 bits per heavy atom. The quantitative estimate of drug-likeness (QED) is 0.883. The average molecular weight is 313 g/mol. The van der Waals surface area contributed by atoms with Gasteiger partial charge in [-0.1, -0.05) is 0 Å². The normalized spacial score (nSPS) is 18.4. The largest absolute Gasteiger partial charge is 0.352 e. The van der Waals surface area contributed by atoms with E-state index in [1.54, 1.807) is 6.20 Å². The summed E-state index contributed by atoms with van der Waals surface area (Å²) in [7, 11) is 0. The summed E-state index contributed by atoms with van der Waals surface area (Å²) in [5.74, 6) is 1.06. The predicted molar refractivity (Wildman–Crippen MR) is 88.6 cm³/mol. The Hall–Kier alpha value is -1.95. The smallest absolute Gasteiger partial charge is 0.252 e. The van der Waals surface area contributed by atoms with Crippen LogP contribution in [0, 0.1) is 5.92 Å². The lowest BCUT2D eigenvalue weighted by atomic mass is 10.0. The van der Waals surface area contributed by atoms with Crippen LogP contribution in [0.25, 0.3) is 11.0 Å². The van der Waals surface area contributed by atoms with Gasteiger partial charge >= 0.3 is 0 Å². The van der Waals surface area contributed by atoms with Gasteiger partial charge in [-0.15, -0.1) is 0 Å². The van der Waals surface area contributed by atoms with Gasteiger partial charge in [-0.25, -0.2) is 9.67 Å². The van der Waals surface area contributed by atoms with Crippen molar-refractivity contribution in [2.24, 2.45) is 5.92 Å². The number of rotatable bonds is 5.